The SMILES string of the molecule is CCS(=O)(=O)Nc1cccc(Cn2ccnc2)c1. The summed E-state index contributed by atoms with van der Waals surface area (Å²) >= 11 is 0. The Hall–Kier alpha value is -1.82. The van der Waals surface area contributed by atoms with E-state index in [0.717, 1.165) is 5.56 Å². The second-order valence-electron chi connectivity index (χ2n) is 3.94. The van der Waals surface area contributed by atoms with Crippen molar-refractivity contribution in [3.63, 3.8) is 0 Å². The Morgan fingerprint density at radius 2 is 2.22 bits per heavy atom. The molecule has 1 heterocycles. The predicted octanol–water partition coefficient (Wildman–Crippen LogP) is 1.69. The number of hydrogen-bond acceptors (Lipinski definition) is 3. The topological polar surface area (TPSA) is 64.0 Å². The second-order valence-corrected chi connectivity index (χ2v) is 5.95. The molecule has 0 radical (unpaired) electrons. The molecule has 0 aliphatic carbocycles. The number of nitrogens with one attached hydrogen (secondary N) is 1. The first-order valence-corrected chi connectivity index (χ1v) is 7.29. The zero-order valence-corrected chi connectivity index (χ0v) is 10.9. The standard InChI is InChI=1S/C12H15N3O2S/c1-2-18(16,17)14-12-5-3-4-11(8-12)9-15-7-6-13-10-15/h3-8,10,14H,2,9H2,1H3. The lowest BCUT2D eigenvalue weighted by Gasteiger charge is -2.08. The van der Waals surface area contributed by atoms with Crippen molar-refractivity contribution >= 4 is 15.7 Å². The summed E-state index contributed by atoms with van der Waals surface area (Å²) in [7, 11) is -3.22. The molecule has 0 atom stereocenters. The van der Waals surface area contributed by atoms with Gasteiger partial charge in [-0.05, 0) is 24.6 Å². The van der Waals surface area contributed by atoms with Crippen LogP contribution in [0.25, 0.3) is 0 Å². The Morgan fingerprint density at radius 1 is 1.39 bits per heavy atom. The molecule has 0 aliphatic heterocycles. The van der Waals surface area contributed by atoms with Crippen molar-refractivity contribution < 1.29 is 8.42 Å². The first kappa shape index (κ1) is 12.6. The van der Waals surface area contributed by atoms with E-state index in [1.54, 1.807) is 25.5 Å². The summed E-state index contributed by atoms with van der Waals surface area (Å²) in [6, 6.07) is 7.35. The van der Waals surface area contributed by atoms with Crippen molar-refractivity contribution in [3.05, 3.63) is 48.5 Å². The Labute approximate surface area is 107 Å². The summed E-state index contributed by atoms with van der Waals surface area (Å²) in [5.41, 5.74) is 1.61. The number of hydrogen-bond donors (Lipinski definition) is 1. The van der Waals surface area contributed by atoms with Crippen molar-refractivity contribution in [3.8, 4) is 0 Å². The highest BCUT2D eigenvalue weighted by Gasteiger charge is 2.06. The average molecular weight is 265 g/mol. The van der Waals surface area contributed by atoms with Crippen LogP contribution < -0.4 is 4.72 Å². The van der Waals surface area contributed by atoms with Crippen LogP contribution >= 0.6 is 0 Å². The van der Waals surface area contributed by atoms with Gasteiger partial charge < -0.3 is 4.57 Å². The number of rotatable bonds is 5. The van der Waals surface area contributed by atoms with Gasteiger partial charge in [0.1, 0.15) is 0 Å². The number of benzene rings is 1. The molecule has 1 aromatic heterocycles. The van der Waals surface area contributed by atoms with E-state index in [0.29, 0.717) is 12.2 Å². The van der Waals surface area contributed by atoms with E-state index in [1.165, 1.54) is 0 Å². The minimum atomic E-state index is -3.22. The molecule has 96 valence electrons. The predicted molar refractivity (Wildman–Crippen MR) is 70.9 cm³/mol. The molecular weight excluding hydrogens is 250 g/mol. The third-order valence-corrected chi connectivity index (χ3v) is 3.81. The highest BCUT2D eigenvalue weighted by Crippen LogP contribution is 2.13. The normalized spacial score (nSPS) is 11.4. The van der Waals surface area contributed by atoms with E-state index in [9.17, 15) is 8.42 Å². The molecule has 0 unspecified atom stereocenters. The summed E-state index contributed by atoms with van der Waals surface area (Å²) in [6.45, 7) is 2.28. The molecule has 0 amide bonds. The van der Waals surface area contributed by atoms with Crippen LogP contribution in [0.3, 0.4) is 0 Å². The van der Waals surface area contributed by atoms with E-state index >= 15 is 0 Å². The van der Waals surface area contributed by atoms with Gasteiger partial charge in [0.2, 0.25) is 10.0 Å². The molecule has 18 heavy (non-hydrogen) atoms. The van der Waals surface area contributed by atoms with Gasteiger partial charge in [-0.2, -0.15) is 0 Å². The summed E-state index contributed by atoms with van der Waals surface area (Å²) in [6.07, 6.45) is 5.30. The summed E-state index contributed by atoms with van der Waals surface area (Å²) in [5, 5.41) is 0. The average Bonchev–Trinajstić information content (AvgIpc) is 2.82. The quantitative estimate of drug-likeness (QED) is 0.894. The fraction of sp³-hybridized carbons (Fsp3) is 0.250. The van der Waals surface area contributed by atoms with Crippen molar-refractivity contribution in [2.45, 2.75) is 13.5 Å². The van der Waals surface area contributed by atoms with Crippen LogP contribution in [0.4, 0.5) is 5.69 Å². The smallest absolute Gasteiger partial charge is 0.232 e. The fourth-order valence-electron chi connectivity index (χ4n) is 1.58. The van der Waals surface area contributed by atoms with Gasteiger partial charge >= 0.3 is 0 Å². The molecule has 1 N–H and O–H groups in total. The lowest BCUT2D eigenvalue weighted by molar-refractivity contribution is 0.602. The van der Waals surface area contributed by atoms with Gasteiger partial charge in [0.25, 0.3) is 0 Å². The lowest BCUT2D eigenvalue weighted by Crippen LogP contribution is -2.14. The van der Waals surface area contributed by atoms with E-state index < -0.39 is 10.0 Å². The number of imidazole rings is 1. The minimum absolute atomic E-state index is 0.0682. The molecule has 0 saturated carbocycles. The third kappa shape index (κ3) is 3.33. The Morgan fingerprint density at radius 3 is 2.89 bits per heavy atom. The van der Waals surface area contributed by atoms with Crippen LogP contribution in [0, 0.1) is 0 Å². The van der Waals surface area contributed by atoms with Gasteiger partial charge in [0.15, 0.2) is 0 Å². The van der Waals surface area contributed by atoms with Crippen molar-refractivity contribution in [1.82, 2.24) is 9.55 Å². The molecule has 6 heteroatoms. The van der Waals surface area contributed by atoms with Crippen molar-refractivity contribution in [2.75, 3.05) is 10.5 Å². The molecule has 0 bridgehead atoms. The summed E-state index contributed by atoms with van der Waals surface area (Å²) < 4.78 is 27.4. The number of sulfonamides is 1. The van der Waals surface area contributed by atoms with Gasteiger partial charge in [0.05, 0.1) is 12.1 Å². The number of aromatic nitrogens is 2. The molecule has 2 aromatic rings. The fourth-order valence-corrected chi connectivity index (χ4v) is 2.21. The van der Waals surface area contributed by atoms with Crippen LogP contribution in [0.15, 0.2) is 43.0 Å². The molecule has 0 saturated heterocycles. The Bertz CT molecular complexity index is 606. The van der Waals surface area contributed by atoms with Gasteiger partial charge in [-0.1, -0.05) is 12.1 Å². The van der Waals surface area contributed by atoms with Gasteiger partial charge in [0, 0.05) is 24.6 Å². The highest BCUT2D eigenvalue weighted by molar-refractivity contribution is 7.92. The van der Waals surface area contributed by atoms with Crippen LogP contribution in [0.1, 0.15) is 12.5 Å². The maximum atomic E-state index is 11.5. The molecule has 0 fully saturated rings. The van der Waals surface area contributed by atoms with E-state index in [1.807, 2.05) is 29.0 Å². The van der Waals surface area contributed by atoms with Gasteiger partial charge in [-0.3, -0.25) is 4.72 Å². The van der Waals surface area contributed by atoms with Crippen molar-refractivity contribution in [1.29, 1.82) is 0 Å². The number of nitrogens with zero attached hydrogens (tertiary/aromatic N) is 2. The number of anilines is 1. The van der Waals surface area contributed by atoms with Crippen LogP contribution in [0.2, 0.25) is 0 Å². The van der Waals surface area contributed by atoms with Crippen LogP contribution in [0.5, 0.6) is 0 Å². The van der Waals surface area contributed by atoms with Crippen LogP contribution in [-0.4, -0.2) is 23.7 Å². The lowest BCUT2D eigenvalue weighted by atomic mass is 10.2. The van der Waals surface area contributed by atoms with Gasteiger partial charge in [-0.25, -0.2) is 13.4 Å². The second kappa shape index (κ2) is 5.22. The van der Waals surface area contributed by atoms with Crippen molar-refractivity contribution in [2.24, 2.45) is 0 Å². The molecular formula is C12H15N3O2S. The highest BCUT2D eigenvalue weighted by atomic mass is 32.2. The Balaban J connectivity index is 2.15. The van der Waals surface area contributed by atoms with E-state index in [-0.39, 0.29) is 5.75 Å². The maximum Gasteiger partial charge on any atom is 0.232 e. The molecule has 5 nitrogen and oxygen atoms in total. The molecule has 1 aromatic carbocycles. The summed E-state index contributed by atoms with van der Waals surface area (Å²) in [5.74, 6) is 0.0682. The third-order valence-electron chi connectivity index (χ3n) is 2.50. The minimum Gasteiger partial charge on any atom is -0.333 e. The zero-order chi connectivity index (χ0) is 13.0. The molecule has 0 aliphatic rings. The molecule has 2 rings (SSSR count). The maximum absolute atomic E-state index is 11.5. The first-order chi connectivity index (χ1) is 8.59. The zero-order valence-electron chi connectivity index (χ0n) is 10.1. The Kier molecular flexibility index (Phi) is 3.66. The van der Waals surface area contributed by atoms with E-state index in [4.69, 9.17) is 0 Å². The largest absolute Gasteiger partial charge is 0.333 e. The van der Waals surface area contributed by atoms with E-state index in [2.05, 4.69) is 9.71 Å². The molecule has 0 spiro atoms. The van der Waals surface area contributed by atoms with Gasteiger partial charge in [-0.15, -0.1) is 0 Å². The first-order valence-electron chi connectivity index (χ1n) is 5.64. The van der Waals surface area contributed by atoms with Crippen LogP contribution in [-0.2, 0) is 16.6 Å². The summed E-state index contributed by atoms with van der Waals surface area (Å²) in [4.78, 5) is 3.96. The monoisotopic (exact) mass is 265 g/mol.